The largest absolute Gasteiger partial charge is 0.476 e. The third-order valence-corrected chi connectivity index (χ3v) is 11.7. The first-order valence-electron chi connectivity index (χ1n) is 18.1. The molecule has 51 heavy (non-hydrogen) atoms. The summed E-state index contributed by atoms with van der Waals surface area (Å²) < 4.78 is 65.6. The highest BCUT2D eigenvalue weighted by Crippen LogP contribution is 2.48. The average Bonchev–Trinajstić information content (AvgIpc) is 3.69. The van der Waals surface area contributed by atoms with Crippen molar-refractivity contribution in [3.05, 3.63) is 53.6 Å². The van der Waals surface area contributed by atoms with Gasteiger partial charge in [-0.25, -0.2) is 27.9 Å². The number of rotatable bonds is 4. The molecule has 2 aromatic carbocycles. The van der Waals surface area contributed by atoms with Crippen molar-refractivity contribution in [2.24, 2.45) is 0 Å². The predicted molar refractivity (Wildman–Crippen MR) is 187 cm³/mol. The van der Waals surface area contributed by atoms with Crippen molar-refractivity contribution in [3.8, 4) is 23.0 Å². The lowest BCUT2D eigenvalue weighted by atomic mass is 9.95. The Kier molecular flexibility index (Phi) is 7.41. The lowest BCUT2D eigenvalue weighted by Crippen LogP contribution is -2.63. The Labute approximate surface area is 294 Å². The zero-order valence-electron chi connectivity index (χ0n) is 29.3. The highest BCUT2D eigenvalue weighted by atomic mass is 19.1. The van der Waals surface area contributed by atoms with Gasteiger partial charge in [-0.1, -0.05) is 24.3 Å². The Morgan fingerprint density at radius 3 is 2.75 bits per heavy atom. The molecule has 9 rings (SSSR count). The fourth-order valence-electron chi connectivity index (χ4n) is 9.45. The highest BCUT2D eigenvalue weighted by molar-refractivity contribution is 6.03. The van der Waals surface area contributed by atoms with Gasteiger partial charge in [-0.15, -0.1) is 0 Å². The highest BCUT2D eigenvalue weighted by Gasteiger charge is 2.52. The number of piperazine rings is 1. The molecule has 268 valence electrons. The van der Waals surface area contributed by atoms with Crippen molar-refractivity contribution < 1.29 is 32.2 Å². The lowest BCUT2D eigenvalue weighted by Gasteiger charge is -2.47. The number of halogens is 3. The van der Waals surface area contributed by atoms with Crippen molar-refractivity contribution in [2.75, 3.05) is 37.7 Å². The third kappa shape index (κ3) is 5.18. The van der Waals surface area contributed by atoms with E-state index in [-0.39, 0.29) is 60.4 Å². The Balaban J connectivity index is 1.19. The molecule has 4 aromatic rings. The van der Waals surface area contributed by atoms with Gasteiger partial charge in [0.05, 0.1) is 34.7 Å². The molecule has 0 radical (unpaired) electrons. The average molecular weight is 702 g/mol. The van der Waals surface area contributed by atoms with Crippen LogP contribution in [0.5, 0.6) is 11.8 Å². The SMILES string of the molecule is Cc1c(F)ccc2cccc(-c3nc4c5c(cc(OCC67CCCN6C[C@H](F)C7)nc5c3F)N3C[C@H]5CC[C@@H]([C@H]3CO4)N5C(=O)OC(C)(C)C)c12. The van der Waals surface area contributed by atoms with Crippen molar-refractivity contribution in [3.63, 3.8) is 0 Å². The van der Waals surface area contributed by atoms with Crippen LogP contribution in [0.2, 0.25) is 0 Å². The van der Waals surface area contributed by atoms with Crippen LogP contribution in [0.15, 0.2) is 36.4 Å². The number of carbonyl (C=O) groups excluding carboxylic acids is 1. The summed E-state index contributed by atoms with van der Waals surface area (Å²) in [5.41, 5.74) is 0.445. The van der Waals surface area contributed by atoms with Crippen molar-refractivity contribution in [1.82, 2.24) is 19.8 Å². The number of aromatic nitrogens is 2. The van der Waals surface area contributed by atoms with Crippen LogP contribution >= 0.6 is 0 Å². The minimum absolute atomic E-state index is 0.000741. The van der Waals surface area contributed by atoms with E-state index in [0.717, 1.165) is 37.6 Å². The van der Waals surface area contributed by atoms with Crippen molar-refractivity contribution >= 4 is 33.5 Å². The van der Waals surface area contributed by atoms with E-state index in [1.165, 1.54) is 6.07 Å². The Bertz CT molecular complexity index is 2090. The van der Waals surface area contributed by atoms with E-state index < -0.39 is 28.9 Å². The number of fused-ring (bicyclic) bond motifs is 7. The number of aryl methyl sites for hydroxylation is 1. The summed E-state index contributed by atoms with van der Waals surface area (Å²) in [5.74, 6) is -0.622. The smallest absolute Gasteiger partial charge is 0.410 e. The summed E-state index contributed by atoms with van der Waals surface area (Å²) in [7, 11) is 0. The summed E-state index contributed by atoms with van der Waals surface area (Å²) in [6, 6.07) is 9.69. The monoisotopic (exact) mass is 701 g/mol. The molecule has 4 saturated heterocycles. The molecular weight excluding hydrogens is 659 g/mol. The first-order chi connectivity index (χ1) is 24.4. The van der Waals surface area contributed by atoms with Gasteiger partial charge < -0.3 is 19.1 Å². The molecule has 1 amide bonds. The summed E-state index contributed by atoms with van der Waals surface area (Å²) in [6.45, 7) is 9.36. The molecule has 0 N–H and O–H groups in total. The van der Waals surface area contributed by atoms with Gasteiger partial charge in [0, 0.05) is 31.1 Å². The zero-order valence-corrected chi connectivity index (χ0v) is 29.3. The molecule has 0 spiro atoms. The van der Waals surface area contributed by atoms with Gasteiger partial charge >= 0.3 is 6.09 Å². The summed E-state index contributed by atoms with van der Waals surface area (Å²) in [4.78, 5) is 29.3. The number of ether oxygens (including phenoxy) is 3. The van der Waals surface area contributed by atoms with Crippen LogP contribution in [0.25, 0.3) is 32.9 Å². The van der Waals surface area contributed by atoms with Crippen LogP contribution in [0, 0.1) is 18.6 Å². The fraction of sp³-hybridized carbons (Fsp3) is 0.513. The quantitative estimate of drug-likeness (QED) is 0.219. The molecule has 0 saturated carbocycles. The zero-order chi connectivity index (χ0) is 35.4. The van der Waals surface area contributed by atoms with E-state index >= 15 is 4.39 Å². The lowest BCUT2D eigenvalue weighted by molar-refractivity contribution is 0.00546. The maximum Gasteiger partial charge on any atom is 0.410 e. The van der Waals surface area contributed by atoms with E-state index in [4.69, 9.17) is 24.2 Å². The molecule has 4 fully saturated rings. The molecule has 9 nitrogen and oxygen atoms in total. The van der Waals surface area contributed by atoms with Gasteiger partial charge in [0.2, 0.25) is 11.8 Å². The van der Waals surface area contributed by atoms with Crippen molar-refractivity contribution in [1.29, 1.82) is 0 Å². The van der Waals surface area contributed by atoms with Crippen LogP contribution in [0.3, 0.4) is 0 Å². The summed E-state index contributed by atoms with van der Waals surface area (Å²) >= 11 is 0. The van der Waals surface area contributed by atoms with Crippen LogP contribution in [0.4, 0.5) is 23.7 Å². The maximum absolute atomic E-state index is 17.2. The molecular formula is C39H42F3N5O4. The van der Waals surface area contributed by atoms with E-state index in [1.807, 2.05) is 37.8 Å². The minimum Gasteiger partial charge on any atom is -0.476 e. The van der Waals surface area contributed by atoms with E-state index in [2.05, 4.69) is 9.80 Å². The molecule has 2 bridgehead atoms. The maximum atomic E-state index is 17.2. The molecule has 5 aliphatic rings. The molecule has 5 atom stereocenters. The van der Waals surface area contributed by atoms with Gasteiger partial charge in [0.15, 0.2) is 5.82 Å². The van der Waals surface area contributed by atoms with Crippen LogP contribution < -0.4 is 14.4 Å². The van der Waals surface area contributed by atoms with Gasteiger partial charge in [-0.05, 0) is 82.3 Å². The summed E-state index contributed by atoms with van der Waals surface area (Å²) in [6.07, 6.45) is 2.47. The van der Waals surface area contributed by atoms with Gasteiger partial charge in [0.25, 0.3) is 0 Å². The second-order valence-corrected chi connectivity index (χ2v) is 15.9. The number of anilines is 1. The number of benzene rings is 2. The number of nitrogens with zero attached hydrogens (tertiary/aromatic N) is 5. The standard InChI is InChI=1S/C39H42F3N5O4/c1-21-26(41)11-9-22-7-5-8-25(31(21)22)34-33(42)35-32-28(15-30(43-35)50-20-39-13-6-14-45(39)17-23(40)16-39)46-18-24-10-12-27(29(46)19-49-36(32)44-34)47(24)37(48)51-38(2,3)4/h5,7-9,11,15,23-24,27,29H,6,10,12-14,16-20H2,1-4H3/t23-,24-,27+,29-,39?/m1/s1. The molecule has 2 aromatic heterocycles. The topological polar surface area (TPSA) is 80.3 Å². The van der Waals surface area contributed by atoms with Gasteiger partial charge in [-0.2, -0.15) is 0 Å². The Morgan fingerprint density at radius 1 is 1.08 bits per heavy atom. The van der Waals surface area contributed by atoms with Crippen LogP contribution in [0.1, 0.15) is 58.4 Å². The van der Waals surface area contributed by atoms with Gasteiger partial charge in [0.1, 0.15) is 42.0 Å². The number of amides is 1. The fourth-order valence-corrected chi connectivity index (χ4v) is 9.45. The van der Waals surface area contributed by atoms with Crippen LogP contribution in [-0.4, -0.2) is 94.1 Å². The Hall–Kier alpha value is -4.32. The van der Waals surface area contributed by atoms with Crippen LogP contribution in [-0.2, 0) is 4.74 Å². The number of hydrogen-bond donors (Lipinski definition) is 0. The molecule has 5 aliphatic heterocycles. The third-order valence-electron chi connectivity index (χ3n) is 11.7. The normalized spacial score (nSPS) is 27.0. The van der Waals surface area contributed by atoms with E-state index in [0.29, 0.717) is 47.1 Å². The second kappa shape index (κ2) is 11.6. The molecule has 1 unspecified atom stereocenters. The Morgan fingerprint density at radius 2 is 1.92 bits per heavy atom. The first kappa shape index (κ1) is 32.6. The van der Waals surface area contributed by atoms with E-state index in [9.17, 15) is 13.6 Å². The molecule has 0 aliphatic carbocycles. The number of pyridine rings is 2. The minimum atomic E-state index is -0.916. The second-order valence-electron chi connectivity index (χ2n) is 15.9. The molecule has 12 heteroatoms. The first-order valence-corrected chi connectivity index (χ1v) is 18.1. The van der Waals surface area contributed by atoms with Crippen molar-refractivity contribution in [2.45, 2.75) is 95.2 Å². The predicted octanol–water partition coefficient (Wildman–Crippen LogP) is 7.34. The number of carbonyl (C=O) groups is 1. The van der Waals surface area contributed by atoms with E-state index in [1.54, 1.807) is 25.1 Å². The number of alkyl halides is 1. The van der Waals surface area contributed by atoms with Gasteiger partial charge in [-0.3, -0.25) is 9.80 Å². The summed E-state index contributed by atoms with van der Waals surface area (Å²) in [5, 5.41) is 1.73. The number of hydrogen-bond acceptors (Lipinski definition) is 8. The molecule has 7 heterocycles.